The Morgan fingerprint density at radius 2 is 1.83 bits per heavy atom. The number of fused-ring (bicyclic) bond motifs is 5. The van der Waals surface area contributed by atoms with Crippen molar-refractivity contribution < 1.29 is 27.6 Å². The van der Waals surface area contributed by atoms with Crippen LogP contribution in [0.25, 0.3) is 0 Å². The molecule has 202 valence electrons. The van der Waals surface area contributed by atoms with Crippen LogP contribution >= 0.6 is 0 Å². The summed E-state index contributed by atoms with van der Waals surface area (Å²) in [5, 5.41) is 14.1. The van der Waals surface area contributed by atoms with E-state index >= 15 is 0 Å². The van der Waals surface area contributed by atoms with Gasteiger partial charge in [0, 0.05) is 26.2 Å². The molecule has 3 N–H and O–H groups in total. The lowest BCUT2D eigenvalue weighted by Crippen LogP contribution is -2.57. The Bertz CT molecular complexity index is 864. The number of nitrogens with one attached hydrogen (secondary N) is 1. The molecule has 1 aliphatic heterocycles. The minimum absolute atomic E-state index is 0.0535. The molecule has 3 saturated carbocycles. The number of rotatable bonds is 7. The van der Waals surface area contributed by atoms with Gasteiger partial charge >= 0.3 is 0 Å². The van der Waals surface area contributed by atoms with Gasteiger partial charge in [-0.25, -0.2) is 0 Å². The van der Waals surface area contributed by atoms with Gasteiger partial charge in [0.2, 0.25) is 5.91 Å². The highest BCUT2D eigenvalue weighted by atomic mass is 32.2. The van der Waals surface area contributed by atoms with E-state index in [4.69, 9.17) is 9.29 Å². The minimum atomic E-state index is -4.06. The normalized spacial score (nSPS) is 42.7. The van der Waals surface area contributed by atoms with E-state index in [0.717, 1.165) is 45.3 Å². The van der Waals surface area contributed by atoms with Crippen molar-refractivity contribution in [2.24, 2.45) is 46.3 Å². The van der Waals surface area contributed by atoms with Crippen LogP contribution in [0.4, 0.5) is 0 Å². The lowest BCUT2D eigenvalue weighted by Gasteiger charge is -2.61. The molecule has 7 nitrogen and oxygen atoms in total. The molecule has 0 spiro atoms. The van der Waals surface area contributed by atoms with Gasteiger partial charge in [0.25, 0.3) is 10.1 Å². The Kier molecular flexibility index (Phi) is 8.26. The second-order valence-corrected chi connectivity index (χ2v) is 14.3. The quantitative estimate of drug-likeness (QED) is 0.443. The summed E-state index contributed by atoms with van der Waals surface area (Å²) in [6.45, 7) is 8.88. The molecule has 1 heterocycles. The smallest absolute Gasteiger partial charge is 0.266 e. The van der Waals surface area contributed by atoms with Crippen LogP contribution in [0.5, 0.6) is 0 Å². The van der Waals surface area contributed by atoms with E-state index in [1.54, 1.807) is 0 Å². The van der Waals surface area contributed by atoms with Crippen LogP contribution in [0.15, 0.2) is 0 Å². The average molecular weight is 514 g/mol. The molecule has 8 heteroatoms. The topological polar surface area (TPSA) is 113 Å². The first-order valence-electron chi connectivity index (χ1n) is 13.9. The molecule has 1 amide bonds. The summed E-state index contributed by atoms with van der Waals surface area (Å²) in [5.41, 5.74) is 0.510. The van der Waals surface area contributed by atoms with E-state index in [0.29, 0.717) is 47.3 Å². The number of aliphatic hydroxyl groups excluding tert-OH is 1. The van der Waals surface area contributed by atoms with Crippen molar-refractivity contribution in [2.75, 3.05) is 25.5 Å². The standard InChI is InChI=1S/C27H47NO6S/c1-18(5-8-24(30)28-13-16-35(31,32)33)20-6-7-21-25-22(9-12-27(20,21)3)26(2)11-4-14-34-15-10-19(26)17-23(25)29/h18-23,25,29H,4-17H2,1-3H3,(H,28,30)(H,31,32,33)/t18-,19+,20-,21+,22+,23+,25+,26+,27-/m1/s1. The van der Waals surface area contributed by atoms with Crippen LogP contribution < -0.4 is 5.32 Å². The SMILES string of the molecule is C[C@H](CCC(=O)NCCS(=O)(=O)O)[C@H]1CC[C@H]2[C@@H]3[C@@H](O)C[C@@H]4CCOCCC[C@]4(C)[C@H]3CC[C@]12C. The largest absolute Gasteiger partial charge is 0.393 e. The van der Waals surface area contributed by atoms with Gasteiger partial charge in [0.15, 0.2) is 0 Å². The maximum absolute atomic E-state index is 12.2. The highest BCUT2D eigenvalue weighted by Gasteiger charge is 2.62. The second-order valence-electron chi connectivity index (χ2n) is 12.7. The number of carbonyl (C=O) groups is 1. The number of amides is 1. The van der Waals surface area contributed by atoms with E-state index in [2.05, 4.69) is 26.1 Å². The third-order valence-electron chi connectivity index (χ3n) is 11.0. The molecule has 4 rings (SSSR count). The van der Waals surface area contributed by atoms with Gasteiger partial charge in [-0.1, -0.05) is 20.8 Å². The number of ether oxygens (including phenoxy) is 1. The Hall–Kier alpha value is -0.700. The van der Waals surface area contributed by atoms with Crippen LogP contribution in [0.3, 0.4) is 0 Å². The summed E-state index contributed by atoms with van der Waals surface area (Å²) in [4.78, 5) is 12.2. The van der Waals surface area contributed by atoms with Crippen molar-refractivity contribution in [3.63, 3.8) is 0 Å². The summed E-state index contributed by atoms with van der Waals surface area (Å²) in [6, 6.07) is 0. The van der Waals surface area contributed by atoms with Gasteiger partial charge in [0.05, 0.1) is 11.9 Å². The Balaban J connectivity index is 1.40. The van der Waals surface area contributed by atoms with Crippen LogP contribution in [0, 0.1) is 46.3 Å². The zero-order valence-corrected chi connectivity index (χ0v) is 22.7. The summed E-state index contributed by atoms with van der Waals surface area (Å²) in [7, 11) is -4.06. The van der Waals surface area contributed by atoms with Crippen molar-refractivity contribution in [1.82, 2.24) is 5.32 Å². The first-order chi connectivity index (χ1) is 16.5. The summed E-state index contributed by atoms with van der Waals surface area (Å²) in [6.07, 6.45) is 10.0. The van der Waals surface area contributed by atoms with Crippen molar-refractivity contribution in [3.8, 4) is 0 Å². The first kappa shape index (κ1) is 27.3. The molecule has 35 heavy (non-hydrogen) atoms. The van der Waals surface area contributed by atoms with Crippen molar-refractivity contribution in [1.29, 1.82) is 0 Å². The highest BCUT2D eigenvalue weighted by Crippen LogP contribution is 2.67. The Labute approximate surface area is 211 Å². The second kappa shape index (κ2) is 10.6. The van der Waals surface area contributed by atoms with E-state index in [1.165, 1.54) is 25.7 Å². The molecular weight excluding hydrogens is 466 g/mol. The van der Waals surface area contributed by atoms with Crippen LogP contribution in [-0.4, -0.2) is 55.6 Å². The van der Waals surface area contributed by atoms with E-state index in [9.17, 15) is 18.3 Å². The van der Waals surface area contributed by atoms with Crippen LogP contribution in [0.2, 0.25) is 0 Å². The Morgan fingerprint density at radius 1 is 1.09 bits per heavy atom. The number of aliphatic hydroxyl groups is 1. The van der Waals surface area contributed by atoms with Gasteiger partial charge in [-0.2, -0.15) is 8.42 Å². The minimum Gasteiger partial charge on any atom is -0.393 e. The molecular formula is C27H47NO6S. The number of carbonyl (C=O) groups excluding carboxylic acids is 1. The molecule has 0 aromatic carbocycles. The zero-order valence-electron chi connectivity index (χ0n) is 21.9. The van der Waals surface area contributed by atoms with Crippen LogP contribution in [0.1, 0.15) is 85.0 Å². The van der Waals surface area contributed by atoms with Gasteiger partial charge < -0.3 is 15.2 Å². The molecule has 0 aromatic rings. The molecule has 4 aliphatic rings. The predicted molar refractivity (Wildman–Crippen MR) is 135 cm³/mol. The molecule has 0 bridgehead atoms. The number of hydrogen-bond donors (Lipinski definition) is 3. The predicted octanol–water partition coefficient (Wildman–Crippen LogP) is 4.05. The third-order valence-corrected chi connectivity index (χ3v) is 11.7. The van der Waals surface area contributed by atoms with Crippen molar-refractivity contribution in [2.45, 2.75) is 91.1 Å². The molecule has 1 saturated heterocycles. The number of hydrogen-bond acceptors (Lipinski definition) is 5. The fourth-order valence-electron chi connectivity index (χ4n) is 9.18. The average Bonchev–Trinajstić information content (AvgIpc) is 3.12. The summed E-state index contributed by atoms with van der Waals surface area (Å²) in [5.74, 6) is 2.42. The van der Waals surface area contributed by atoms with Crippen molar-refractivity contribution in [3.05, 3.63) is 0 Å². The molecule has 0 radical (unpaired) electrons. The monoisotopic (exact) mass is 513 g/mol. The van der Waals surface area contributed by atoms with Crippen LogP contribution in [-0.2, 0) is 19.6 Å². The summed E-state index contributed by atoms with van der Waals surface area (Å²) >= 11 is 0. The van der Waals surface area contributed by atoms with Gasteiger partial charge in [-0.3, -0.25) is 9.35 Å². The third kappa shape index (κ3) is 5.60. The lowest BCUT2D eigenvalue weighted by molar-refractivity contribution is -0.165. The highest BCUT2D eigenvalue weighted by molar-refractivity contribution is 7.85. The first-order valence-corrected chi connectivity index (χ1v) is 15.5. The van der Waals surface area contributed by atoms with Gasteiger partial charge in [0.1, 0.15) is 0 Å². The molecule has 4 fully saturated rings. The van der Waals surface area contributed by atoms with E-state index in [-0.39, 0.29) is 24.0 Å². The van der Waals surface area contributed by atoms with E-state index in [1.807, 2.05) is 0 Å². The van der Waals surface area contributed by atoms with Gasteiger partial charge in [-0.15, -0.1) is 0 Å². The Morgan fingerprint density at radius 3 is 2.57 bits per heavy atom. The molecule has 0 unspecified atom stereocenters. The lowest BCUT2D eigenvalue weighted by atomic mass is 9.45. The summed E-state index contributed by atoms with van der Waals surface area (Å²) < 4.78 is 36.3. The molecule has 9 atom stereocenters. The van der Waals surface area contributed by atoms with E-state index < -0.39 is 15.9 Å². The maximum Gasteiger partial charge on any atom is 0.266 e. The maximum atomic E-state index is 12.2. The fraction of sp³-hybridized carbons (Fsp3) is 0.963. The van der Waals surface area contributed by atoms with Crippen molar-refractivity contribution >= 4 is 16.0 Å². The van der Waals surface area contributed by atoms with Gasteiger partial charge in [-0.05, 0) is 104 Å². The molecule has 0 aromatic heterocycles. The zero-order chi connectivity index (χ0) is 25.4. The fourth-order valence-corrected chi connectivity index (χ4v) is 9.54. The molecule has 3 aliphatic carbocycles.